The Morgan fingerprint density at radius 3 is 2.45 bits per heavy atom. The molecular weight excluding hydrogens is 304 g/mol. The van der Waals surface area contributed by atoms with E-state index in [9.17, 15) is 13.2 Å². The zero-order valence-corrected chi connectivity index (χ0v) is 12.8. The summed E-state index contributed by atoms with van der Waals surface area (Å²) in [5.41, 5.74) is 0.592. The van der Waals surface area contributed by atoms with Crippen molar-refractivity contribution in [3.05, 3.63) is 36.4 Å². The molecule has 0 radical (unpaired) electrons. The molecular formula is C15H16N2O4S. The summed E-state index contributed by atoms with van der Waals surface area (Å²) in [6.45, 7) is 2.19. The fourth-order valence-electron chi connectivity index (χ4n) is 2.40. The van der Waals surface area contributed by atoms with E-state index in [-0.39, 0.29) is 16.8 Å². The number of sulfonamides is 1. The van der Waals surface area contributed by atoms with Gasteiger partial charge in [-0.05, 0) is 12.1 Å². The van der Waals surface area contributed by atoms with Gasteiger partial charge >= 0.3 is 0 Å². The number of amides is 1. The van der Waals surface area contributed by atoms with E-state index in [1.54, 1.807) is 36.4 Å². The fourth-order valence-corrected chi connectivity index (χ4v) is 3.83. The van der Waals surface area contributed by atoms with Gasteiger partial charge in [0.2, 0.25) is 15.9 Å². The van der Waals surface area contributed by atoms with Crippen LogP contribution in [0.4, 0.5) is 5.69 Å². The Bertz CT molecular complexity index is 829. The van der Waals surface area contributed by atoms with Gasteiger partial charge in [-0.15, -0.1) is 0 Å². The molecule has 2 N–H and O–H groups in total. The van der Waals surface area contributed by atoms with Crippen molar-refractivity contribution >= 4 is 32.4 Å². The highest BCUT2D eigenvalue weighted by Crippen LogP contribution is 2.29. The van der Waals surface area contributed by atoms with Crippen molar-refractivity contribution in [3.63, 3.8) is 0 Å². The van der Waals surface area contributed by atoms with Crippen LogP contribution in [0.2, 0.25) is 0 Å². The first-order chi connectivity index (χ1) is 10.5. The van der Waals surface area contributed by atoms with E-state index in [0.29, 0.717) is 29.7 Å². The van der Waals surface area contributed by atoms with Gasteiger partial charge in [0.15, 0.2) is 0 Å². The summed E-state index contributed by atoms with van der Waals surface area (Å²) in [6, 6.07) is 10.0. The SMILES string of the molecule is CC(=O)Nc1cccc2c(S(=O)(=O)NC3COC3)cccc12. The average Bonchev–Trinajstić information content (AvgIpc) is 2.42. The Hall–Kier alpha value is -1.96. The minimum absolute atomic E-state index is 0.182. The molecule has 1 saturated heterocycles. The zero-order valence-electron chi connectivity index (χ0n) is 12.0. The average molecular weight is 320 g/mol. The van der Waals surface area contributed by atoms with Crippen LogP contribution in [0.1, 0.15) is 6.92 Å². The number of nitrogens with one attached hydrogen (secondary N) is 2. The number of hydrogen-bond donors (Lipinski definition) is 2. The number of carbonyl (C=O) groups excluding carboxylic acids is 1. The molecule has 0 aromatic heterocycles. The van der Waals surface area contributed by atoms with Crippen molar-refractivity contribution in [3.8, 4) is 0 Å². The second kappa shape index (κ2) is 5.68. The number of fused-ring (bicyclic) bond motifs is 1. The quantitative estimate of drug-likeness (QED) is 0.893. The first-order valence-electron chi connectivity index (χ1n) is 6.87. The van der Waals surface area contributed by atoms with Gasteiger partial charge in [0.05, 0.1) is 24.2 Å². The monoisotopic (exact) mass is 320 g/mol. The van der Waals surface area contributed by atoms with Gasteiger partial charge < -0.3 is 10.1 Å². The summed E-state index contributed by atoms with van der Waals surface area (Å²) in [7, 11) is -3.63. The summed E-state index contributed by atoms with van der Waals surface area (Å²) >= 11 is 0. The molecule has 0 saturated carbocycles. The summed E-state index contributed by atoms with van der Waals surface area (Å²) < 4.78 is 32.7. The van der Waals surface area contributed by atoms with E-state index >= 15 is 0 Å². The van der Waals surface area contributed by atoms with E-state index in [2.05, 4.69) is 10.0 Å². The first-order valence-corrected chi connectivity index (χ1v) is 8.35. The zero-order chi connectivity index (χ0) is 15.7. The topological polar surface area (TPSA) is 84.5 Å². The smallest absolute Gasteiger partial charge is 0.241 e. The molecule has 0 bridgehead atoms. The lowest BCUT2D eigenvalue weighted by Crippen LogP contribution is -2.48. The highest BCUT2D eigenvalue weighted by atomic mass is 32.2. The van der Waals surface area contributed by atoms with Gasteiger partial charge in [0.25, 0.3) is 0 Å². The molecule has 1 aliphatic rings. The van der Waals surface area contributed by atoms with E-state index in [4.69, 9.17) is 4.74 Å². The fraction of sp³-hybridized carbons (Fsp3) is 0.267. The maximum atomic E-state index is 12.5. The molecule has 7 heteroatoms. The molecule has 0 atom stereocenters. The molecule has 1 aliphatic heterocycles. The molecule has 0 unspecified atom stereocenters. The summed E-state index contributed by atoms with van der Waals surface area (Å²) in [5, 5.41) is 3.97. The van der Waals surface area contributed by atoms with Gasteiger partial charge in [-0.1, -0.05) is 24.3 Å². The van der Waals surface area contributed by atoms with E-state index in [1.807, 2.05) is 0 Å². The third-order valence-electron chi connectivity index (χ3n) is 3.44. The summed E-state index contributed by atoms with van der Waals surface area (Å²) in [5.74, 6) is -0.203. The highest BCUT2D eigenvalue weighted by molar-refractivity contribution is 7.89. The van der Waals surface area contributed by atoms with Crippen LogP contribution in [0.5, 0.6) is 0 Å². The molecule has 6 nitrogen and oxygen atoms in total. The number of benzene rings is 2. The van der Waals surface area contributed by atoms with E-state index < -0.39 is 10.0 Å². The molecule has 1 amide bonds. The second-order valence-corrected chi connectivity index (χ2v) is 6.88. The number of ether oxygens (including phenoxy) is 1. The van der Waals surface area contributed by atoms with Crippen molar-refractivity contribution in [2.75, 3.05) is 18.5 Å². The molecule has 116 valence electrons. The largest absolute Gasteiger partial charge is 0.378 e. The Labute approximate surface area is 128 Å². The molecule has 2 aromatic carbocycles. The lowest BCUT2D eigenvalue weighted by molar-refractivity contribution is -0.114. The van der Waals surface area contributed by atoms with Crippen LogP contribution in [-0.4, -0.2) is 33.6 Å². The lowest BCUT2D eigenvalue weighted by Gasteiger charge is -2.26. The van der Waals surface area contributed by atoms with Crippen molar-refractivity contribution < 1.29 is 17.9 Å². The van der Waals surface area contributed by atoms with E-state index in [0.717, 1.165) is 0 Å². The van der Waals surface area contributed by atoms with Gasteiger partial charge in [-0.3, -0.25) is 4.79 Å². The van der Waals surface area contributed by atoms with Crippen LogP contribution in [-0.2, 0) is 19.6 Å². The van der Waals surface area contributed by atoms with Gasteiger partial charge in [0.1, 0.15) is 0 Å². The van der Waals surface area contributed by atoms with Gasteiger partial charge in [0, 0.05) is 23.4 Å². The third-order valence-corrected chi connectivity index (χ3v) is 5.02. The standard InChI is InChI=1S/C15H16N2O4S/c1-10(18)16-14-6-2-5-13-12(14)4-3-7-15(13)22(19,20)17-11-8-21-9-11/h2-7,11,17H,8-9H2,1H3,(H,16,18). The molecule has 22 heavy (non-hydrogen) atoms. The van der Waals surface area contributed by atoms with Crippen LogP contribution < -0.4 is 10.0 Å². The Morgan fingerprint density at radius 2 is 1.82 bits per heavy atom. The van der Waals surface area contributed by atoms with Crippen molar-refractivity contribution in [2.45, 2.75) is 17.9 Å². The first kappa shape index (κ1) is 15.0. The second-order valence-electron chi connectivity index (χ2n) is 5.19. The van der Waals surface area contributed by atoms with Gasteiger partial charge in [-0.2, -0.15) is 0 Å². The molecule has 3 rings (SSSR count). The molecule has 1 fully saturated rings. The summed E-state index contributed by atoms with van der Waals surface area (Å²) in [4.78, 5) is 11.5. The van der Waals surface area contributed by atoms with E-state index in [1.165, 1.54) is 6.92 Å². The van der Waals surface area contributed by atoms with Crippen LogP contribution in [0.3, 0.4) is 0 Å². The molecule has 1 heterocycles. The Morgan fingerprint density at radius 1 is 1.14 bits per heavy atom. The van der Waals surface area contributed by atoms with Crippen LogP contribution in [0.15, 0.2) is 41.3 Å². The number of carbonyl (C=O) groups is 1. The lowest BCUT2D eigenvalue weighted by atomic mass is 10.1. The van der Waals surface area contributed by atoms with Crippen molar-refractivity contribution in [2.24, 2.45) is 0 Å². The maximum absolute atomic E-state index is 12.5. The maximum Gasteiger partial charge on any atom is 0.241 e. The predicted octanol–water partition coefficient (Wildman–Crippen LogP) is 1.48. The highest BCUT2D eigenvalue weighted by Gasteiger charge is 2.26. The Balaban J connectivity index is 2.08. The van der Waals surface area contributed by atoms with Crippen LogP contribution in [0.25, 0.3) is 10.8 Å². The molecule has 0 aliphatic carbocycles. The number of anilines is 1. The number of rotatable bonds is 4. The van der Waals surface area contributed by atoms with Crippen molar-refractivity contribution in [1.29, 1.82) is 0 Å². The minimum Gasteiger partial charge on any atom is -0.378 e. The number of hydrogen-bond acceptors (Lipinski definition) is 4. The normalized spacial score (nSPS) is 15.5. The van der Waals surface area contributed by atoms with Crippen molar-refractivity contribution in [1.82, 2.24) is 4.72 Å². The Kier molecular flexibility index (Phi) is 3.86. The third kappa shape index (κ3) is 2.83. The summed E-state index contributed by atoms with van der Waals surface area (Å²) in [6.07, 6.45) is 0. The molecule has 2 aromatic rings. The van der Waals surface area contributed by atoms with Gasteiger partial charge in [-0.25, -0.2) is 13.1 Å². The predicted molar refractivity (Wildman–Crippen MR) is 83.2 cm³/mol. The minimum atomic E-state index is -3.63. The van der Waals surface area contributed by atoms with Crippen LogP contribution in [0, 0.1) is 0 Å². The molecule has 0 spiro atoms. The van der Waals surface area contributed by atoms with Crippen LogP contribution >= 0.6 is 0 Å².